The number of hydrogen-bond acceptors (Lipinski definition) is 2. The number of allylic oxidation sites excluding steroid dienone is 2. The van der Waals surface area contributed by atoms with Crippen molar-refractivity contribution in [1.29, 1.82) is 0 Å². The zero-order chi connectivity index (χ0) is 35.8. The fourth-order valence-corrected chi connectivity index (χ4v) is 8.54. The molecule has 0 heterocycles. The topological polar surface area (TPSA) is 6.48 Å². The van der Waals surface area contributed by atoms with Crippen LogP contribution in [0.5, 0.6) is 0 Å². The molecule has 53 heavy (non-hydrogen) atoms. The normalized spacial score (nSPS) is 15.1. The zero-order valence-electron chi connectivity index (χ0n) is 30.2. The van der Waals surface area contributed by atoms with Gasteiger partial charge in [0.1, 0.15) is 0 Å². The Labute approximate surface area is 313 Å². The number of anilines is 5. The van der Waals surface area contributed by atoms with Gasteiger partial charge in [0.15, 0.2) is 0 Å². The van der Waals surface area contributed by atoms with Gasteiger partial charge in [-0.25, -0.2) is 0 Å². The van der Waals surface area contributed by atoms with Crippen molar-refractivity contribution in [3.8, 4) is 11.1 Å². The molecule has 256 valence electrons. The highest BCUT2D eigenvalue weighted by molar-refractivity contribution is 5.99. The molecule has 0 saturated carbocycles. The summed E-state index contributed by atoms with van der Waals surface area (Å²) in [5, 5.41) is 0. The minimum atomic E-state index is -0.568. The molecule has 0 aromatic heterocycles. The van der Waals surface area contributed by atoms with Crippen molar-refractivity contribution in [2.24, 2.45) is 0 Å². The first-order valence-corrected chi connectivity index (χ1v) is 18.6. The fraction of sp³-hybridized carbons (Fsp3) is 0.0980. The van der Waals surface area contributed by atoms with Crippen molar-refractivity contribution in [2.45, 2.75) is 31.7 Å². The van der Waals surface area contributed by atoms with Crippen molar-refractivity contribution in [2.75, 3.05) is 9.80 Å². The molecule has 0 amide bonds. The predicted molar refractivity (Wildman–Crippen MR) is 223 cm³/mol. The summed E-state index contributed by atoms with van der Waals surface area (Å²) in [5.74, 6) is 0. The number of fused-ring (bicyclic) bond motifs is 3. The largest absolute Gasteiger partial charge is 0.334 e. The Bertz CT molecular complexity index is 2340. The molecule has 2 aliphatic carbocycles. The lowest BCUT2D eigenvalue weighted by Gasteiger charge is -2.38. The van der Waals surface area contributed by atoms with Crippen molar-refractivity contribution < 1.29 is 0 Å². The number of aryl methyl sites for hydroxylation is 2. The summed E-state index contributed by atoms with van der Waals surface area (Å²) >= 11 is 0. The number of para-hydroxylation sites is 3. The summed E-state index contributed by atoms with van der Waals surface area (Å²) in [7, 11) is 0. The molecule has 9 rings (SSSR count). The Morgan fingerprint density at radius 3 is 1.57 bits per heavy atom. The monoisotopic (exact) mass is 682 g/mol. The lowest BCUT2D eigenvalue weighted by molar-refractivity contribution is 0.760. The summed E-state index contributed by atoms with van der Waals surface area (Å²) in [6.45, 7) is 4.35. The van der Waals surface area contributed by atoms with E-state index in [-0.39, 0.29) is 6.04 Å². The summed E-state index contributed by atoms with van der Waals surface area (Å²) in [4.78, 5) is 5.00. The van der Waals surface area contributed by atoms with Crippen LogP contribution in [0.4, 0.5) is 28.4 Å². The number of benzene rings is 7. The van der Waals surface area contributed by atoms with Crippen LogP contribution in [0.2, 0.25) is 0 Å². The molecule has 0 radical (unpaired) electrons. The van der Waals surface area contributed by atoms with E-state index in [2.05, 4.69) is 224 Å². The first-order valence-electron chi connectivity index (χ1n) is 18.6. The quantitative estimate of drug-likeness (QED) is 0.157. The summed E-state index contributed by atoms with van der Waals surface area (Å²) < 4.78 is 0. The predicted octanol–water partition coefficient (Wildman–Crippen LogP) is 13.2. The van der Waals surface area contributed by atoms with Gasteiger partial charge < -0.3 is 9.80 Å². The van der Waals surface area contributed by atoms with Gasteiger partial charge in [-0.1, -0.05) is 163 Å². The molecule has 0 saturated heterocycles. The van der Waals surface area contributed by atoms with Gasteiger partial charge in [-0.3, -0.25) is 0 Å². The number of hydrogen-bond donors (Lipinski definition) is 0. The van der Waals surface area contributed by atoms with Crippen LogP contribution in [0.15, 0.2) is 200 Å². The molecular weight excluding hydrogens is 641 g/mol. The lowest BCUT2D eigenvalue weighted by Crippen LogP contribution is -2.32. The highest BCUT2D eigenvalue weighted by atomic mass is 15.2. The van der Waals surface area contributed by atoms with Crippen molar-refractivity contribution in [3.63, 3.8) is 0 Å². The van der Waals surface area contributed by atoms with E-state index in [9.17, 15) is 0 Å². The minimum absolute atomic E-state index is 0.145. The van der Waals surface area contributed by atoms with Gasteiger partial charge in [-0.05, 0) is 96.6 Å². The van der Waals surface area contributed by atoms with E-state index in [4.69, 9.17) is 0 Å². The maximum absolute atomic E-state index is 2.54. The minimum Gasteiger partial charge on any atom is -0.334 e. The summed E-state index contributed by atoms with van der Waals surface area (Å²) in [5.41, 5.74) is 15.3. The zero-order valence-corrected chi connectivity index (χ0v) is 30.2. The molecule has 0 bridgehead atoms. The number of rotatable bonds is 8. The van der Waals surface area contributed by atoms with E-state index in [1.54, 1.807) is 0 Å². The van der Waals surface area contributed by atoms with Gasteiger partial charge in [0.05, 0.1) is 17.1 Å². The van der Waals surface area contributed by atoms with E-state index in [0.717, 1.165) is 29.2 Å². The van der Waals surface area contributed by atoms with E-state index in [0.29, 0.717) is 0 Å². The first-order chi connectivity index (χ1) is 26.1. The number of nitrogens with zero attached hydrogens (tertiary/aromatic N) is 2. The van der Waals surface area contributed by atoms with Gasteiger partial charge in [0, 0.05) is 28.3 Å². The first kappa shape index (κ1) is 32.5. The second-order valence-electron chi connectivity index (χ2n) is 14.2. The third-order valence-electron chi connectivity index (χ3n) is 10.9. The Morgan fingerprint density at radius 1 is 0.491 bits per heavy atom. The SMILES string of the molecule is Cc1ccc(C2(c3ccc(C)cc3)c3ccccc3-c3c(N(c4ccccc4)c4ccccc4)cc(N(c4ccccc4)C4C=CC=CC4)cc32)cc1. The molecule has 7 aromatic carbocycles. The van der Waals surface area contributed by atoms with Crippen LogP contribution in [0.3, 0.4) is 0 Å². The molecule has 2 heteroatoms. The van der Waals surface area contributed by atoms with Gasteiger partial charge in [0.25, 0.3) is 0 Å². The van der Waals surface area contributed by atoms with Crippen LogP contribution in [0.25, 0.3) is 11.1 Å². The van der Waals surface area contributed by atoms with Crippen LogP contribution >= 0.6 is 0 Å². The van der Waals surface area contributed by atoms with Crippen LogP contribution < -0.4 is 9.80 Å². The van der Waals surface area contributed by atoms with Crippen LogP contribution in [-0.2, 0) is 5.41 Å². The molecule has 0 aliphatic heterocycles. The second-order valence-corrected chi connectivity index (χ2v) is 14.2. The standard InChI is InChI=1S/C51H42N2/c1-37-27-31-39(32-28-37)51(40-33-29-38(2)30-34-40)47-26-16-15-25-46(47)50-48(51)35-45(52(41-17-7-3-8-18-41)42-19-9-4-10-20-42)36-49(50)53(43-21-11-5-12-22-43)44-23-13-6-14-24-44/h3-19,21-36,42H,20H2,1-2H3. The Hall–Kier alpha value is -6.38. The third kappa shape index (κ3) is 5.59. The van der Waals surface area contributed by atoms with E-state index < -0.39 is 5.41 Å². The molecule has 0 fully saturated rings. The molecule has 0 spiro atoms. The van der Waals surface area contributed by atoms with E-state index in [1.165, 1.54) is 50.2 Å². The average Bonchev–Trinajstić information content (AvgIpc) is 3.51. The smallest absolute Gasteiger partial charge is 0.0715 e. The van der Waals surface area contributed by atoms with Crippen LogP contribution in [0.1, 0.15) is 39.8 Å². The van der Waals surface area contributed by atoms with Crippen molar-refractivity contribution in [3.05, 3.63) is 234 Å². The molecule has 1 unspecified atom stereocenters. The molecule has 0 N–H and O–H groups in total. The Balaban J connectivity index is 1.45. The lowest BCUT2D eigenvalue weighted by atomic mass is 9.67. The van der Waals surface area contributed by atoms with Gasteiger partial charge in [0.2, 0.25) is 0 Å². The summed E-state index contributed by atoms with van der Waals surface area (Å²) in [6.07, 6.45) is 9.90. The maximum atomic E-state index is 2.54. The average molecular weight is 683 g/mol. The Morgan fingerprint density at radius 2 is 1.02 bits per heavy atom. The van der Waals surface area contributed by atoms with Gasteiger partial charge in [-0.2, -0.15) is 0 Å². The van der Waals surface area contributed by atoms with E-state index in [1.807, 2.05) is 0 Å². The van der Waals surface area contributed by atoms with Crippen LogP contribution in [-0.4, -0.2) is 6.04 Å². The highest BCUT2D eigenvalue weighted by Gasteiger charge is 2.48. The van der Waals surface area contributed by atoms with Gasteiger partial charge in [-0.15, -0.1) is 0 Å². The molecule has 2 nitrogen and oxygen atoms in total. The second kappa shape index (κ2) is 13.6. The van der Waals surface area contributed by atoms with Crippen molar-refractivity contribution in [1.82, 2.24) is 0 Å². The molecular formula is C51H42N2. The fourth-order valence-electron chi connectivity index (χ4n) is 8.54. The molecule has 2 aliphatic rings. The van der Waals surface area contributed by atoms with Gasteiger partial charge >= 0.3 is 0 Å². The molecule has 1 atom stereocenters. The van der Waals surface area contributed by atoms with E-state index >= 15 is 0 Å². The summed E-state index contributed by atoms with van der Waals surface area (Å²) in [6, 6.07) is 65.2. The highest BCUT2D eigenvalue weighted by Crippen LogP contribution is 2.61. The Kier molecular flexibility index (Phi) is 8.37. The maximum Gasteiger partial charge on any atom is 0.0715 e. The molecule has 7 aromatic rings. The van der Waals surface area contributed by atoms with Crippen LogP contribution in [0, 0.1) is 13.8 Å². The third-order valence-corrected chi connectivity index (χ3v) is 10.9. The van der Waals surface area contributed by atoms with Crippen molar-refractivity contribution >= 4 is 28.4 Å².